The highest BCUT2D eigenvalue weighted by molar-refractivity contribution is 6.30. The van der Waals surface area contributed by atoms with Gasteiger partial charge >= 0.3 is 0 Å². The van der Waals surface area contributed by atoms with Gasteiger partial charge in [-0.15, -0.1) is 0 Å². The van der Waals surface area contributed by atoms with E-state index in [-0.39, 0.29) is 17.8 Å². The summed E-state index contributed by atoms with van der Waals surface area (Å²) in [4.78, 5) is 27.1. The number of hydrogen-bond donors (Lipinski definition) is 2. The molecule has 1 aliphatic heterocycles. The average Bonchev–Trinajstić information content (AvgIpc) is 2.95. The third kappa shape index (κ3) is 3.69. The van der Waals surface area contributed by atoms with Gasteiger partial charge in [-0.25, -0.2) is 4.98 Å². The summed E-state index contributed by atoms with van der Waals surface area (Å²) in [5.74, 6) is 0.733. The van der Waals surface area contributed by atoms with Crippen LogP contribution in [0.1, 0.15) is 47.2 Å². The van der Waals surface area contributed by atoms with Crippen LogP contribution in [0.4, 0.5) is 11.8 Å². The van der Waals surface area contributed by atoms with Crippen molar-refractivity contribution in [3.8, 4) is 0 Å². The Balaban J connectivity index is 1.97. The first kappa shape index (κ1) is 19.4. The number of carbonyl (C=O) groups excluding carboxylic acids is 1. The average molecular weight is 389 g/mol. The van der Waals surface area contributed by atoms with Gasteiger partial charge in [-0.3, -0.25) is 9.78 Å². The van der Waals surface area contributed by atoms with E-state index >= 15 is 0 Å². The molecule has 3 N–H and O–H groups in total. The van der Waals surface area contributed by atoms with Crippen molar-refractivity contribution in [2.45, 2.75) is 46.1 Å². The Morgan fingerprint density at radius 1 is 1.41 bits per heavy atom. The minimum absolute atomic E-state index is 0.0397. The fraction of sp³-hybridized carbons (Fsp3) is 0.474. The van der Waals surface area contributed by atoms with E-state index in [0.717, 1.165) is 23.2 Å². The van der Waals surface area contributed by atoms with Crippen molar-refractivity contribution in [2.24, 2.45) is 0 Å². The van der Waals surface area contributed by atoms with E-state index in [9.17, 15) is 4.79 Å². The number of fused-ring (bicyclic) bond motifs is 1. The van der Waals surface area contributed by atoms with Gasteiger partial charge in [-0.2, -0.15) is 4.98 Å². The maximum atomic E-state index is 11.9. The van der Waals surface area contributed by atoms with E-state index in [1.165, 1.54) is 11.1 Å². The summed E-state index contributed by atoms with van der Waals surface area (Å²) >= 11 is 6.36. The zero-order valence-electron chi connectivity index (χ0n) is 16.1. The van der Waals surface area contributed by atoms with Crippen molar-refractivity contribution in [2.75, 3.05) is 24.2 Å². The molecule has 0 saturated carbocycles. The van der Waals surface area contributed by atoms with Gasteiger partial charge in [0.15, 0.2) is 0 Å². The van der Waals surface area contributed by atoms with Crippen LogP contribution in [0.3, 0.4) is 0 Å². The molecule has 0 aromatic carbocycles. The summed E-state index contributed by atoms with van der Waals surface area (Å²) in [6, 6.07) is 0. The lowest BCUT2D eigenvalue weighted by Gasteiger charge is -2.21. The number of nitrogens with one attached hydrogen (secondary N) is 1. The normalized spacial score (nSPS) is 15.7. The molecule has 3 heterocycles. The Hall–Kier alpha value is -2.41. The monoisotopic (exact) mass is 388 g/mol. The van der Waals surface area contributed by atoms with Crippen LogP contribution >= 0.6 is 11.6 Å². The second-order valence-corrected chi connectivity index (χ2v) is 7.25. The Morgan fingerprint density at radius 3 is 2.81 bits per heavy atom. The second-order valence-electron chi connectivity index (χ2n) is 6.89. The number of hydrogen-bond acceptors (Lipinski definition) is 6. The van der Waals surface area contributed by atoms with Crippen LogP contribution < -0.4 is 16.0 Å². The first-order chi connectivity index (χ1) is 12.8. The largest absolute Gasteiger partial charge is 0.368 e. The van der Waals surface area contributed by atoms with Crippen molar-refractivity contribution in [3.63, 3.8) is 0 Å². The molecule has 0 spiro atoms. The summed E-state index contributed by atoms with van der Waals surface area (Å²) in [5.41, 5.74) is 11.3. The number of nitrogens with two attached hydrogens (primary N) is 1. The van der Waals surface area contributed by atoms with Crippen LogP contribution in [0.15, 0.2) is 6.20 Å². The van der Waals surface area contributed by atoms with Crippen LogP contribution in [0.2, 0.25) is 5.15 Å². The topological polar surface area (TPSA) is 97.0 Å². The summed E-state index contributed by atoms with van der Waals surface area (Å²) in [6.45, 7) is 7.57. The summed E-state index contributed by atoms with van der Waals surface area (Å²) in [6.07, 6.45) is 3.19. The summed E-state index contributed by atoms with van der Waals surface area (Å²) in [7, 11) is 1.63. The molecule has 27 heavy (non-hydrogen) atoms. The fourth-order valence-corrected chi connectivity index (χ4v) is 4.14. The quantitative estimate of drug-likeness (QED) is 0.764. The lowest BCUT2D eigenvalue weighted by Crippen LogP contribution is -2.26. The molecule has 7 nitrogen and oxygen atoms in total. The Labute approximate surface area is 164 Å². The molecule has 0 aliphatic carbocycles. The molecule has 0 fully saturated rings. The number of amides is 1. The molecule has 1 atom stereocenters. The predicted molar refractivity (Wildman–Crippen MR) is 107 cm³/mol. The van der Waals surface area contributed by atoms with Gasteiger partial charge in [0.25, 0.3) is 0 Å². The van der Waals surface area contributed by atoms with Crippen LogP contribution in [0.5, 0.6) is 0 Å². The Morgan fingerprint density at radius 2 is 2.15 bits per heavy atom. The zero-order chi connectivity index (χ0) is 19.7. The molecule has 0 radical (unpaired) electrons. The molecule has 2 aromatic rings. The van der Waals surface area contributed by atoms with E-state index in [4.69, 9.17) is 17.3 Å². The molecule has 0 unspecified atom stereocenters. The molecule has 2 aromatic heterocycles. The number of anilines is 2. The number of aromatic nitrogens is 3. The van der Waals surface area contributed by atoms with Crippen molar-refractivity contribution >= 4 is 29.3 Å². The Bertz CT molecular complexity index is 885. The van der Waals surface area contributed by atoms with E-state index < -0.39 is 0 Å². The van der Waals surface area contributed by atoms with E-state index in [1.807, 2.05) is 13.1 Å². The smallest absolute Gasteiger partial charge is 0.223 e. The van der Waals surface area contributed by atoms with Gasteiger partial charge in [-0.05, 0) is 37.0 Å². The van der Waals surface area contributed by atoms with E-state index in [2.05, 4.69) is 39.0 Å². The molecular formula is C19H25ClN6O. The highest BCUT2D eigenvalue weighted by atomic mass is 35.5. The van der Waals surface area contributed by atoms with Crippen molar-refractivity contribution in [1.29, 1.82) is 0 Å². The van der Waals surface area contributed by atoms with Crippen LogP contribution in [-0.2, 0) is 17.8 Å². The lowest BCUT2D eigenvalue weighted by atomic mass is 10.00. The third-order valence-electron chi connectivity index (χ3n) is 5.26. The summed E-state index contributed by atoms with van der Waals surface area (Å²) < 4.78 is 0. The third-order valence-corrected chi connectivity index (χ3v) is 5.54. The maximum absolute atomic E-state index is 11.9. The SMILES string of the molecule is CCc1c(C)ncc(CN2C[C@H](CC(=O)NC)c3c(Cl)nc(N)nc32)c1C. The molecule has 0 bridgehead atoms. The molecule has 1 amide bonds. The number of nitrogens with zero attached hydrogens (tertiary/aromatic N) is 4. The number of pyridine rings is 1. The van der Waals surface area contributed by atoms with Crippen LogP contribution in [-0.4, -0.2) is 34.5 Å². The predicted octanol–water partition coefficient (Wildman–Crippen LogP) is 2.53. The number of carbonyl (C=O) groups is 1. The molecular weight excluding hydrogens is 364 g/mol. The van der Waals surface area contributed by atoms with Gasteiger partial charge in [-0.1, -0.05) is 18.5 Å². The standard InChI is InChI=1S/C19H25ClN6O/c1-5-14-10(2)13(7-23-11(14)3)9-26-8-12(6-15(27)22-4)16-17(20)24-19(21)25-18(16)26/h7,12H,5-6,8-9H2,1-4H3,(H,22,27)(H2,21,24,25)/t12-/m0/s1. The highest BCUT2D eigenvalue weighted by Crippen LogP contribution is 2.41. The van der Waals surface area contributed by atoms with Gasteiger partial charge in [0.05, 0.1) is 0 Å². The second kappa shape index (κ2) is 7.68. The lowest BCUT2D eigenvalue weighted by molar-refractivity contribution is -0.120. The van der Waals surface area contributed by atoms with E-state index in [0.29, 0.717) is 30.5 Å². The first-order valence-corrected chi connectivity index (χ1v) is 9.45. The van der Waals surface area contributed by atoms with Crippen LogP contribution in [0, 0.1) is 13.8 Å². The van der Waals surface area contributed by atoms with Crippen molar-refractivity contribution in [1.82, 2.24) is 20.3 Å². The van der Waals surface area contributed by atoms with Crippen molar-refractivity contribution in [3.05, 3.63) is 39.3 Å². The van der Waals surface area contributed by atoms with Crippen LogP contribution in [0.25, 0.3) is 0 Å². The first-order valence-electron chi connectivity index (χ1n) is 9.08. The molecule has 1 aliphatic rings. The number of halogens is 1. The zero-order valence-corrected chi connectivity index (χ0v) is 16.9. The minimum atomic E-state index is -0.0718. The summed E-state index contributed by atoms with van der Waals surface area (Å²) in [5, 5.41) is 2.99. The molecule has 8 heteroatoms. The molecule has 144 valence electrons. The van der Waals surface area contributed by atoms with Crippen molar-refractivity contribution < 1.29 is 4.79 Å². The fourth-order valence-electron chi connectivity index (χ4n) is 3.82. The maximum Gasteiger partial charge on any atom is 0.223 e. The number of nitrogen functional groups attached to an aromatic ring is 1. The number of aryl methyl sites for hydroxylation is 1. The minimum Gasteiger partial charge on any atom is -0.368 e. The Kier molecular flexibility index (Phi) is 5.51. The molecule has 3 rings (SSSR count). The van der Waals surface area contributed by atoms with Gasteiger partial charge < -0.3 is 16.0 Å². The highest BCUT2D eigenvalue weighted by Gasteiger charge is 2.35. The van der Waals surface area contributed by atoms with Gasteiger partial charge in [0, 0.05) is 49.9 Å². The van der Waals surface area contributed by atoms with E-state index in [1.54, 1.807) is 7.05 Å². The van der Waals surface area contributed by atoms with Gasteiger partial charge in [0.2, 0.25) is 11.9 Å². The van der Waals surface area contributed by atoms with Gasteiger partial charge in [0.1, 0.15) is 11.0 Å². The molecule has 0 saturated heterocycles. The number of rotatable bonds is 5.